The highest BCUT2D eigenvalue weighted by Gasteiger charge is 2.20. The van der Waals surface area contributed by atoms with E-state index in [-0.39, 0.29) is 0 Å². The SMILES string of the molecule is CCNC(Cc1nccn1CC)c1cc2c(s1)CCCC2. The van der Waals surface area contributed by atoms with Crippen molar-refractivity contribution < 1.29 is 0 Å². The Morgan fingerprint density at radius 1 is 1.33 bits per heavy atom. The molecule has 0 fully saturated rings. The predicted molar refractivity (Wildman–Crippen MR) is 89.0 cm³/mol. The molecule has 1 aliphatic rings. The molecule has 2 aromatic rings. The van der Waals surface area contributed by atoms with Crippen molar-refractivity contribution in [2.75, 3.05) is 6.54 Å². The minimum Gasteiger partial charge on any atom is -0.335 e. The number of nitrogens with one attached hydrogen (secondary N) is 1. The van der Waals surface area contributed by atoms with Crippen LogP contribution in [-0.4, -0.2) is 16.1 Å². The van der Waals surface area contributed by atoms with Gasteiger partial charge in [0.1, 0.15) is 5.82 Å². The Morgan fingerprint density at radius 3 is 2.95 bits per heavy atom. The summed E-state index contributed by atoms with van der Waals surface area (Å²) in [6, 6.07) is 2.85. The van der Waals surface area contributed by atoms with Crippen molar-refractivity contribution in [3.63, 3.8) is 0 Å². The molecule has 0 aliphatic heterocycles. The Morgan fingerprint density at radius 2 is 2.19 bits per heavy atom. The van der Waals surface area contributed by atoms with Crippen LogP contribution in [0.3, 0.4) is 0 Å². The quantitative estimate of drug-likeness (QED) is 0.881. The Labute approximate surface area is 131 Å². The second-order valence-electron chi connectivity index (χ2n) is 5.75. The molecule has 0 aromatic carbocycles. The Hall–Kier alpha value is -1.13. The summed E-state index contributed by atoms with van der Waals surface area (Å²) in [7, 11) is 0. The average Bonchev–Trinajstić information content (AvgIpc) is 3.12. The summed E-state index contributed by atoms with van der Waals surface area (Å²) in [5, 5.41) is 3.65. The van der Waals surface area contributed by atoms with Crippen LogP contribution in [0.1, 0.15) is 53.9 Å². The molecule has 2 heterocycles. The number of rotatable bonds is 6. The number of thiophene rings is 1. The van der Waals surface area contributed by atoms with E-state index in [1.807, 2.05) is 17.5 Å². The van der Waals surface area contributed by atoms with Crippen LogP contribution >= 0.6 is 11.3 Å². The number of fused-ring (bicyclic) bond motifs is 1. The van der Waals surface area contributed by atoms with Gasteiger partial charge in [0.25, 0.3) is 0 Å². The second kappa shape index (κ2) is 6.75. The normalized spacial score (nSPS) is 15.9. The number of imidazole rings is 1. The third-order valence-electron chi connectivity index (χ3n) is 4.34. The molecule has 0 spiro atoms. The molecule has 1 N–H and O–H groups in total. The summed E-state index contributed by atoms with van der Waals surface area (Å²) < 4.78 is 2.25. The molecule has 1 atom stereocenters. The van der Waals surface area contributed by atoms with Crippen molar-refractivity contribution in [1.82, 2.24) is 14.9 Å². The molecule has 4 heteroatoms. The van der Waals surface area contributed by atoms with Gasteiger partial charge in [-0.2, -0.15) is 0 Å². The number of hydrogen-bond acceptors (Lipinski definition) is 3. The van der Waals surface area contributed by atoms with E-state index >= 15 is 0 Å². The van der Waals surface area contributed by atoms with Crippen LogP contribution in [0.2, 0.25) is 0 Å². The van der Waals surface area contributed by atoms with Crippen LogP contribution in [0.25, 0.3) is 0 Å². The fraction of sp³-hybridized carbons (Fsp3) is 0.588. The molecular weight excluding hydrogens is 278 g/mol. The first-order valence-corrected chi connectivity index (χ1v) is 8.98. The van der Waals surface area contributed by atoms with Gasteiger partial charge in [0, 0.05) is 41.2 Å². The van der Waals surface area contributed by atoms with Crippen LogP contribution in [0.5, 0.6) is 0 Å². The van der Waals surface area contributed by atoms with E-state index in [9.17, 15) is 0 Å². The zero-order valence-corrected chi connectivity index (χ0v) is 13.9. The van der Waals surface area contributed by atoms with Crippen LogP contribution < -0.4 is 5.32 Å². The van der Waals surface area contributed by atoms with E-state index in [0.29, 0.717) is 6.04 Å². The first kappa shape index (κ1) is 14.8. The summed E-state index contributed by atoms with van der Waals surface area (Å²) in [5.74, 6) is 1.19. The van der Waals surface area contributed by atoms with E-state index in [1.54, 1.807) is 10.4 Å². The van der Waals surface area contributed by atoms with Gasteiger partial charge in [0.15, 0.2) is 0 Å². The number of likely N-dealkylation sites (N-methyl/N-ethyl adjacent to an activating group) is 1. The van der Waals surface area contributed by atoms with Crippen LogP contribution in [-0.2, 0) is 25.8 Å². The monoisotopic (exact) mass is 303 g/mol. The van der Waals surface area contributed by atoms with Gasteiger partial charge in [-0.3, -0.25) is 0 Å². The van der Waals surface area contributed by atoms with Crippen molar-refractivity contribution >= 4 is 11.3 Å². The number of nitrogens with zero attached hydrogens (tertiary/aromatic N) is 2. The van der Waals surface area contributed by atoms with E-state index < -0.39 is 0 Å². The van der Waals surface area contributed by atoms with Gasteiger partial charge in [-0.05, 0) is 50.8 Å². The standard InChI is InChI=1S/C17H25N3S/c1-3-18-14(12-17-19-9-10-20(17)4-2)16-11-13-7-5-6-8-15(13)21-16/h9-11,14,18H,3-8,12H2,1-2H3. The Kier molecular flexibility index (Phi) is 4.76. The van der Waals surface area contributed by atoms with Gasteiger partial charge >= 0.3 is 0 Å². The molecule has 2 aromatic heterocycles. The van der Waals surface area contributed by atoms with Crippen molar-refractivity contribution in [3.8, 4) is 0 Å². The zero-order chi connectivity index (χ0) is 14.7. The lowest BCUT2D eigenvalue weighted by Gasteiger charge is -2.16. The Balaban J connectivity index is 1.82. The van der Waals surface area contributed by atoms with Gasteiger partial charge in [-0.1, -0.05) is 6.92 Å². The topological polar surface area (TPSA) is 29.9 Å². The van der Waals surface area contributed by atoms with Gasteiger partial charge in [-0.25, -0.2) is 4.98 Å². The molecular formula is C17H25N3S. The minimum absolute atomic E-state index is 0.401. The molecule has 0 saturated heterocycles. The van der Waals surface area contributed by atoms with E-state index in [1.165, 1.54) is 36.4 Å². The summed E-state index contributed by atoms with van der Waals surface area (Å²) in [5.41, 5.74) is 1.60. The second-order valence-corrected chi connectivity index (χ2v) is 6.92. The maximum atomic E-state index is 4.54. The van der Waals surface area contributed by atoms with Gasteiger partial charge in [0.05, 0.1) is 0 Å². The summed E-state index contributed by atoms with van der Waals surface area (Å²) >= 11 is 2.02. The molecule has 0 amide bonds. The minimum atomic E-state index is 0.401. The van der Waals surface area contributed by atoms with Crippen molar-refractivity contribution in [3.05, 3.63) is 39.6 Å². The van der Waals surface area contributed by atoms with Crippen LogP contribution in [0, 0.1) is 0 Å². The highest BCUT2D eigenvalue weighted by molar-refractivity contribution is 7.12. The molecule has 1 unspecified atom stereocenters. The van der Waals surface area contributed by atoms with Crippen LogP contribution in [0.15, 0.2) is 18.5 Å². The molecule has 0 saturated carbocycles. The van der Waals surface area contributed by atoms with Crippen molar-refractivity contribution in [2.45, 2.75) is 58.5 Å². The lowest BCUT2D eigenvalue weighted by Crippen LogP contribution is -2.23. The highest BCUT2D eigenvalue weighted by Crippen LogP contribution is 2.33. The van der Waals surface area contributed by atoms with Gasteiger partial charge in [0.2, 0.25) is 0 Å². The van der Waals surface area contributed by atoms with Gasteiger partial charge in [-0.15, -0.1) is 11.3 Å². The molecule has 21 heavy (non-hydrogen) atoms. The average molecular weight is 303 g/mol. The molecule has 3 rings (SSSR count). The maximum absolute atomic E-state index is 4.54. The van der Waals surface area contributed by atoms with E-state index in [4.69, 9.17) is 0 Å². The summed E-state index contributed by atoms with van der Waals surface area (Å²) in [6.45, 7) is 6.36. The summed E-state index contributed by atoms with van der Waals surface area (Å²) in [4.78, 5) is 7.66. The molecule has 114 valence electrons. The zero-order valence-electron chi connectivity index (χ0n) is 13.1. The predicted octanol–water partition coefficient (Wildman–Crippen LogP) is 3.74. The van der Waals surface area contributed by atoms with E-state index in [2.05, 4.69) is 41.0 Å². The lowest BCUT2D eigenvalue weighted by molar-refractivity contribution is 0.529. The van der Waals surface area contributed by atoms with Gasteiger partial charge < -0.3 is 9.88 Å². The Bertz CT molecular complexity index is 561. The number of aromatic nitrogens is 2. The van der Waals surface area contributed by atoms with Crippen molar-refractivity contribution in [2.24, 2.45) is 0 Å². The fourth-order valence-electron chi connectivity index (χ4n) is 3.21. The van der Waals surface area contributed by atoms with Crippen molar-refractivity contribution in [1.29, 1.82) is 0 Å². The molecule has 1 aliphatic carbocycles. The smallest absolute Gasteiger partial charge is 0.110 e. The third-order valence-corrected chi connectivity index (χ3v) is 5.69. The number of aryl methyl sites for hydroxylation is 3. The fourth-order valence-corrected chi connectivity index (χ4v) is 4.54. The number of hydrogen-bond donors (Lipinski definition) is 1. The largest absolute Gasteiger partial charge is 0.335 e. The van der Waals surface area contributed by atoms with Crippen LogP contribution in [0.4, 0.5) is 0 Å². The first-order valence-electron chi connectivity index (χ1n) is 8.16. The van der Waals surface area contributed by atoms with E-state index in [0.717, 1.165) is 19.5 Å². The molecule has 3 nitrogen and oxygen atoms in total. The maximum Gasteiger partial charge on any atom is 0.110 e. The lowest BCUT2D eigenvalue weighted by atomic mass is 9.98. The summed E-state index contributed by atoms with van der Waals surface area (Å²) in [6.07, 6.45) is 10.2. The molecule has 0 radical (unpaired) electrons. The first-order chi connectivity index (χ1) is 10.3. The molecule has 0 bridgehead atoms. The highest BCUT2D eigenvalue weighted by atomic mass is 32.1. The third kappa shape index (κ3) is 3.22.